The molecule has 11 rings (SSSR count). The molecule has 38 atom stereocenters. The summed E-state index contributed by atoms with van der Waals surface area (Å²) in [6, 6.07) is 0. The Hall–Kier alpha value is -1.95. The van der Waals surface area contributed by atoms with Gasteiger partial charge in [-0.15, -0.1) is 0 Å². The number of aliphatic hydroxyl groups excluding tert-OH is 18. The second-order valence-corrected chi connectivity index (χ2v) is 31.3. The smallest absolute Gasteiger partial charge is 0.315 e. The highest BCUT2D eigenvalue weighted by Gasteiger charge is 2.71. The molecular weight excluding hydrogens is 1280 g/mol. The van der Waals surface area contributed by atoms with Crippen LogP contribution in [-0.2, 0) is 61.6 Å². The lowest BCUT2D eigenvalue weighted by atomic mass is 9.33. The first-order valence-corrected chi connectivity index (χ1v) is 34.1. The average molecular weight is 1380 g/mol. The molecule has 0 spiro atoms. The van der Waals surface area contributed by atoms with Crippen LogP contribution in [0.3, 0.4) is 0 Å². The van der Waals surface area contributed by atoms with E-state index >= 15 is 4.79 Å². The molecule has 10 fully saturated rings. The van der Waals surface area contributed by atoms with Crippen molar-refractivity contribution in [2.45, 2.75) is 304 Å². The van der Waals surface area contributed by atoms with E-state index < -0.39 is 233 Å². The Morgan fingerprint density at radius 2 is 1.04 bits per heavy atom. The Labute approximate surface area is 556 Å². The number of ether oxygens (including phenoxy) is 12. The summed E-state index contributed by atoms with van der Waals surface area (Å²) in [5, 5.41) is 196. The number of carbonyl (C=O) groups excluding carboxylic acids is 1. The zero-order valence-corrected chi connectivity index (χ0v) is 55.6. The topological polar surface area (TPSA) is 492 Å². The van der Waals surface area contributed by atoms with Gasteiger partial charge in [0.15, 0.2) is 31.5 Å². The predicted molar refractivity (Wildman–Crippen MR) is 321 cm³/mol. The molecule has 0 radical (unpaired) electrons. The largest absolute Gasteiger partial charge is 0.432 e. The van der Waals surface area contributed by atoms with E-state index in [0.29, 0.717) is 57.8 Å². The van der Waals surface area contributed by atoms with Gasteiger partial charge in [0.25, 0.3) is 0 Å². The lowest BCUT2D eigenvalue weighted by Crippen LogP contribution is -2.67. The average Bonchev–Trinajstić information content (AvgIpc) is 0.675. The van der Waals surface area contributed by atoms with Gasteiger partial charge in [-0.25, -0.2) is 0 Å². The van der Waals surface area contributed by atoms with Gasteiger partial charge in [-0.05, 0) is 117 Å². The number of carbonyl (C=O) groups is 1. The van der Waals surface area contributed by atoms with Gasteiger partial charge in [0, 0.05) is 5.41 Å². The number of hydrogen-bond donors (Lipinski definition) is 18. The predicted octanol–water partition coefficient (Wildman–Crippen LogP) is -4.72. The molecule has 0 unspecified atom stereocenters. The maximum absolute atomic E-state index is 15.3. The van der Waals surface area contributed by atoms with Crippen LogP contribution in [0.5, 0.6) is 0 Å². The molecule has 6 saturated heterocycles. The highest BCUT2D eigenvalue weighted by molar-refractivity contribution is 5.79. The van der Waals surface area contributed by atoms with E-state index in [1.54, 1.807) is 0 Å². The van der Waals surface area contributed by atoms with Crippen LogP contribution in [0, 0.1) is 50.2 Å². The van der Waals surface area contributed by atoms with Crippen molar-refractivity contribution in [2.24, 2.45) is 50.2 Å². The van der Waals surface area contributed by atoms with Crippen LogP contribution in [0.4, 0.5) is 0 Å². The molecule has 18 N–H and O–H groups in total. The van der Waals surface area contributed by atoms with Gasteiger partial charge in [-0.3, -0.25) is 4.79 Å². The minimum atomic E-state index is -1.92. The van der Waals surface area contributed by atoms with Gasteiger partial charge in [0.2, 0.25) is 6.29 Å². The summed E-state index contributed by atoms with van der Waals surface area (Å²) in [6.45, 7) is 13.1. The van der Waals surface area contributed by atoms with Crippen molar-refractivity contribution in [1.82, 2.24) is 0 Å². The summed E-state index contributed by atoms with van der Waals surface area (Å²) in [6.07, 6.45) is -39.9. The third-order valence-electron chi connectivity index (χ3n) is 25.3. The summed E-state index contributed by atoms with van der Waals surface area (Å²) in [4.78, 5) is 15.3. The lowest BCUT2D eigenvalue weighted by molar-refractivity contribution is -0.382. The molecule has 5 aliphatic carbocycles. The number of fused-ring (bicyclic) bond motifs is 7. The van der Waals surface area contributed by atoms with Gasteiger partial charge in [0.1, 0.15) is 128 Å². The fourth-order valence-electron chi connectivity index (χ4n) is 19.0. The third-order valence-corrected chi connectivity index (χ3v) is 25.3. The van der Waals surface area contributed by atoms with Crippen LogP contribution >= 0.6 is 0 Å². The maximum atomic E-state index is 15.3. The van der Waals surface area contributed by atoms with Crippen molar-refractivity contribution < 1.29 is 154 Å². The van der Waals surface area contributed by atoms with E-state index in [1.807, 2.05) is 6.92 Å². The van der Waals surface area contributed by atoms with Gasteiger partial charge >= 0.3 is 5.97 Å². The highest BCUT2D eigenvalue weighted by Crippen LogP contribution is 2.76. The van der Waals surface area contributed by atoms with Crippen molar-refractivity contribution >= 4 is 5.97 Å². The summed E-state index contributed by atoms with van der Waals surface area (Å²) in [5.74, 6) is -1.00. The number of rotatable bonds is 16. The zero-order chi connectivity index (χ0) is 70.0. The number of hydrogen-bond acceptors (Lipinski definition) is 31. The molecule has 0 amide bonds. The summed E-state index contributed by atoms with van der Waals surface area (Å²) in [7, 11) is 0. The number of allylic oxidation sites excluding steroid dienone is 2. The van der Waals surface area contributed by atoms with Crippen LogP contribution in [0.1, 0.15) is 120 Å². The van der Waals surface area contributed by atoms with E-state index in [0.717, 1.165) is 12.0 Å². The van der Waals surface area contributed by atoms with E-state index in [4.69, 9.17) is 56.8 Å². The molecule has 6 heterocycles. The van der Waals surface area contributed by atoms with Gasteiger partial charge in [-0.1, -0.05) is 53.2 Å². The second-order valence-electron chi connectivity index (χ2n) is 31.3. The van der Waals surface area contributed by atoms with Crippen molar-refractivity contribution in [3.8, 4) is 0 Å². The Balaban J connectivity index is 0.749. The fraction of sp³-hybridized carbons (Fsp3) is 0.954. The SMILES string of the molecule is C[C@@H]1O[C@H](O[C@@H]2[C@@H](O[C@H]3CO[C@H](O[C@H]4CC[C@]5(C)[C@H](CC[C@@]6(C)[C@H]5CC=C5[C@@H]7CC(C)(C)CC[C@]7(C(=O)O[C@H]7O[C@@H](CO[C@H]8O[C@@H](CO)[C@H](O[C@H]9O[C@@H](C)[C@H](O)[C@@H](O)[C@@H]9O)[C@@H](O)[C@@H]8O)[C@H](O)[C@@H](O)[C@@H]7O)CC[C@@]56C)[C@]4(C)CO)[C@@H](O)[C@@H]3O)O[C@@H](CO)[C@H](O)[C@H]2O)[C@@H](O)[C@H](O)[C@H]1O. The van der Waals surface area contributed by atoms with E-state index in [9.17, 15) is 91.9 Å². The van der Waals surface area contributed by atoms with Crippen molar-refractivity contribution in [3.05, 3.63) is 11.6 Å². The molecule has 0 aromatic rings. The molecule has 11 aliphatic rings. The van der Waals surface area contributed by atoms with Crippen LogP contribution in [0.15, 0.2) is 11.6 Å². The Morgan fingerprint density at radius 3 is 1.67 bits per heavy atom. The molecule has 0 aromatic heterocycles. The van der Waals surface area contributed by atoms with Crippen molar-refractivity contribution in [1.29, 1.82) is 0 Å². The monoisotopic (exact) mass is 1380 g/mol. The Kier molecular flexibility index (Phi) is 22.1. The molecule has 552 valence electrons. The molecule has 31 heteroatoms. The Bertz CT molecular complexity index is 2700. The van der Waals surface area contributed by atoms with Crippen LogP contribution in [-0.4, -0.2) is 315 Å². The second kappa shape index (κ2) is 28.3. The first kappa shape index (κ1) is 75.2. The van der Waals surface area contributed by atoms with E-state index in [2.05, 4.69) is 40.7 Å². The number of aliphatic hydroxyl groups is 18. The molecule has 4 saturated carbocycles. The third kappa shape index (κ3) is 12.8. The normalized spacial score (nSPS) is 55.1. The lowest BCUT2D eigenvalue weighted by Gasteiger charge is -2.71. The minimum Gasteiger partial charge on any atom is -0.432 e. The van der Waals surface area contributed by atoms with E-state index in [1.165, 1.54) is 13.8 Å². The maximum Gasteiger partial charge on any atom is 0.315 e. The fourth-order valence-corrected chi connectivity index (χ4v) is 19.0. The summed E-state index contributed by atoms with van der Waals surface area (Å²) in [5.41, 5.74) is -2.19. The van der Waals surface area contributed by atoms with Crippen LogP contribution < -0.4 is 0 Å². The first-order chi connectivity index (χ1) is 45.1. The van der Waals surface area contributed by atoms with Gasteiger partial charge in [0.05, 0.1) is 56.8 Å². The molecule has 31 nitrogen and oxygen atoms in total. The summed E-state index contributed by atoms with van der Waals surface area (Å²) >= 11 is 0. The van der Waals surface area contributed by atoms with Gasteiger partial charge < -0.3 is 149 Å². The zero-order valence-electron chi connectivity index (χ0n) is 55.6. The van der Waals surface area contributed by atoms with Gasteiger partial charge in [-0.2, -0.15) is 0 Å². The molecule has 0 aromatic carbocycles. The molecule has 0 bridgehead atoms. The molecule has 6 aliphatic heterocycles. The first-order valence-electron chi connectivity index (χ1n) is 34.1. The Morgan fingerprint density at radius 1 is 0.500 bits per heavy atom. The minimum absolute atomic E-state index is 0.0787. The van der Waals surface area contributed by atoms with Crippen LogP contribution in [0.25, 0.3) is 0 Å². The standard InChI is InChI=1S/C65H106O31/c1-25-36(69)41(74)47(80)55(87-25)94-51-30(21-67)90-53(50(83)45(51)78)85-22-31-39(72)43(76)49(82)57(91-31)96-59(84)65-17-15-60(3,4)19-28(65)27-9-10-34-61(5)13-12-35(62(6,24-68)33(61)11-14-64(34,8)63(27,7)16-18-65)93-54-46(79)40(73)32(23-86-54)92-58-52(44(77)38(71)29(20-66)89-58)95-56-48(81)42(75)37(70)26(2)88-56/h9,25-26,28-58,66-83H,10-24H2,1-8H3/t25-,26-,28-,29-,30-,31-,32-,33-,34-,35-,36-,37-,38-,39-,40+,41+,42+,43+,44+,45-,46-,47-,48-,49-,50-,51-,52-,53-,54+,55+,56+,57+,58+,61+,62-,63-,64-,65-/m0/s1. The summed E-state index contributed by atoms with van der Waals surface area (Å²) < 4.78 is 71.0. The van der Waals surface area contributed by atoms with E-state index in [-0.39, 0.29) is 40.6 Å². The van der Waals surface area contributed by atoms with Crippen molar-refractivity contribution in [2.75, 3.05) is 33.0 Å². The molecule has 96 heavy (non-hydrogen) atoms. The quantitative estimate of drug-likeness (QED) is 0.0392. The highest BCUT2D eigenvalue weighted by atomic mass is 16.8. The molecular formula is C65H106O31. The number of esters is 1. The van der Waals surface area contributed by atoms with Crippen LogP contribution in [0.2, 0.25) is 0 Å². The van der Waals surface area contributed by atoms with Crippen molar-refractivity contribution in [3.63, 3.8) is 0 Å².